The van der Waals surface area contributed by atoms with E-state index in [2.05, 4.69) is 15.6 Å². The number of halogens is 3. The molecule has 0 aliphatic carbocycles. The molecule has 138 valence electrons. The molecule has 0 fully saturated rings. The number of aromatic nitrogens is 1. The fraction of sp³-hybridized carbons (Fsp3) is 0.235. The van der Waals surface area contributed by atoms with E-state index in [1.165, 1.54) is 18.3 Å². The summed E-state index contributed by atoms with van der Waals surface area (Å²) in [5, 5.41) is 4.77. The van der Waals surface area contributed by atoms with Gasteiger partial charge >= 0.3 is 0 Å². The summed E-state index contributed by atoms with van der Waals surface area (Å²) >= 11 is 0. The van der Waals surface area contributed by atoms with E-state index in [-0.39, 0.29) is 11.3 Å². The highest BCUT2D eigenvalue weighted by molar-refractivity contribution is 6.05. The van der Waals surface area contributed by atoms with E-state index in [0.717, 1.165) is 6.07 Å². The first-order valence-electron chi connectivity index (χ1n) is 7.63. The van der Waals surface area contributed by atoms with Crippen LogP contribution in [0.4, 0.5) is 18.9 Å². The summed E-state index contributed by atoms with van der Waals surface area (Å²) < 4.78 is 39.8. The Morgan fingerprint density at radius 1 is 1.08 bits per heavy atom. The monoisotopic (exact) mass is 366 g/mol. The van der Waals surface area contributed by atoms with Crippen molar-refractivity contribution < 1.29 is 22.8 Å². The topological polar surface area (TPSA) is 74.3 Å². The lowest BCUT2D eigenvalue weighted by atomic mass is 10.2. The van der Waals surface area contributed by atoms with Crippen LogP contribution in [0.1, 0.15) is 20.8 Å². The van der Waals surface area contributed by atoms with Gasteiger partial charge in [-0.1, -0.05) is 0 Å². The third-order valence-corrected chi connectivity index (χ3v) is 3.38. The fourth-order valence-corrected chi connectivity index (χ4v) is 2.00. The minimum atomic E-state index is -1.68. The van der Waals surface area contributed by atoms with Crippen LogP contribution < -0.4 is 10.6 Å². The number of carbonyl (C=O) groups is 2. The summed E-state index contributed by atoms with van der Waals surface area (Å²) in [6.07, 6.45) is 1.25. The molecule has 2 amide bonds. The third kappa shape index (κ3) is 4.79. The lowest BCUT2D eigenvalue weighted by molar-refractivity contribution is 0.0946. The molecule has 1 aromatic carbocycles. The van der Waals surface area contributed by atoms with E-state index >= 15 is 0 Å². The Kier molecular flexibility index (Phi) is 6.29. The fourth-order valence-electron chi connectivity index (χ4n) is 2.00. The maximum atomic E-state index is 13.6. The van der Waals surface area contributed by atoms with Crippen LogP contribution in [-0.4, -0.2) is 48.9 Å². The number of hydrogen-bond donors (Lipinski definition) is 2. The van der Waals surface area contributed by atoms with Crippen molar-refractivity contribution >= 4 is 17.5 Å². The van der Waals surface area contributed by atoms with Crippen LogP contribution in [0.15, 0.2) is 30.5 Å². The Morgan fingerprint density at radius 2 is 1.81 bits per heavy atom. The molecule has 2 N–H and O–H groups in total. The predicted octanol–water partition coefficient (Wildman–Crippen LogP) is 2.04. The van der Waals surface area contributed by atoms with Crippen molar-refractivity contribution in [2.75, 3.05) is 32.5 Å². The van der Waals surface area contributed by atoms with Gasteiger partial charge in [-0.25, -0.2) is 13.2 Å². The molecule has 0 bridgehead atoms. The van der Waals surface area contributed by atoms with Gasteiger partial charge in [0, 0.05) is 24.8 Å². The number of nitrogens with zero attached hydrogens (tertiary/aromatic N) is 2. The van der Waals surface area contributed by atoms with Gasteiger partial charge in [0.1, 0.15) is 5.69 Å². The first-order chi connectivity index (χ1) is 12.3. The molecule has 2 rings (SSSR count). The van der Waals surface area contributed by atoms with E-state index in [1.54, 1.807) is 0 Å². The van der Waals surface area contributed by atoms with E-state index in [0.29, 0.717) is 19.2 Å². The predicted molar refractivity (Wildman–Crippen MR) is 89.4 cm³/mol. The van der Waals surface area contributed by atoms with Crippen LogP contribution in [0.5, 0.6) is 0 Å². The van der Waals surface area contributed by atoms with Crippen LogP contribution in [0.3, 0.4) is 0 Å². The molecule has 0 aliphatic rings. The standard InChI is InChI=1S/C17H17F3N4O2/c1-24(2)8-7-22-17(26)13-9-10(5-6-21-13)16(25)23-12-4-3-11(18)14(19)15(12)20/h3-6,9H,7-8H2,1-2H3,(H,22,26)(H,23,25). The van der Waals surface area contributed by atoms with Crippen LogP contribution in [-0.2, 0) is 0 Å². The molecule has 9 heteroatoms. The number of likely N-dealkylation sites (N-methyl/N-ethyl adjacent to an activating group) is 1. The van der Waals surface area contributed by atoms with Gasteiger partial charge in [-0.05, 0) is 38.4 Å². The Morgan fingerprint density at radius 3 is 2.50 bits per heavy atom. The molecule has 0 atom stereocenters. The number of amides is 2. The average Bonchev–Trinajstić information content (AvgIpc) is 2.62. The largest absolute Gasteiger partial charge is 0.349 e. The Hall–Kier alpha value is -2.94. The van der Waals surface area contributed by atoms with E-state index < -0.39 is 35.0 Å². The highest BCUT2D eigenvalue weighted by atomic mass is 19.2. The third-order valence-electron chi connectivity index (χ3n) is 3.38. The second-order valence-corrected chi connectivity index (χ2v) is 5.67. The summed E-state index contributed by atoms with van der Waals surface area (Å²) in [7, 11) is 3.71. The molecular formula is C17H17F3N4O2. The highest BCUT2D eigenvalue weighted by Gasteiger charge is 2.17. The lowest BCUT2D eigenvalue weighted by Gasteiger charge is -2.11. The quantitative estimate of drug-likeness (QED) is 0.768. The number of pyridine rings is 1. The first kappa shape index (κ1) is 19.4. The van der Waals surface area contributed by atoms with Gasteiger partial charge in [0.15, 0.2) is 17.5 Å². The van der Waals surface area contributed by atoms with Crippen LogP contribution in [0.25, 0.3) is 0 Å². The zero-order valence-corrected chi connectivity index (χ0v) is 14.1. The number of rotatable bonds is 6. The minimum absolute atomic E-state index is 0.00200. The van der Waals surface area contributed by atoms with Gasteiger partial charge in [-0.15, -0.1) is 0 Å². The number of benzene rings is 1. The molecule has 0 unspecified atom stereocenters. The molecule has 0 aliphatic heterocycles. The van der Waals surface area contributed by atoms with E-state index in [4.69, 9.17) is 0 Å². The van der Waals surface area contributed by atoms with Crippen molar-refractivity contribution in [3.05, 3.63) is 59.2 Å². The number of carbonyl (C=O) groups excluding carboxylic acids is 2. The minimum Gasteiger partial charge on any atom is -0.349 e. The molecule has 6 nitrogen and oxygen atoms in total. The molecule has 26 heavy (non-hydrogen) atoms. The van der Waals surface area contributed by atoms with Crippen molar-refractivity contribution in [1.82, 2.24) is 15.2 Å². The molecular weight excluding hydrogens is 349 g/mol. The van der Waals surface area contributed by atoms with Gasteiger partial charge < -0.3 is 15.5 Å². The molecule has 0 saturated carbocycles. The molecule has 1 heterocycles. The zero-order chi connectivity index (χ0) is 19.3. The second kappa shape index (κ2) is 8.43. The zero-order valence-electron chi connectivity index (χ0n) is 14.1. The van der Waals surface area contributed by atoms with Crippen molar-refractivity contribution in [3.63, 3.8) is 0 Å². The Balaban J connectivity index is 2.11. The van der Waals surface area contributed by atoms with E-state index in [9.17, 15) is 22.8 Å². The maximum absolute atomic E-state index is 13.6. The number of nitrogens with one attached hydrogen (secondary N) is 2. The van der Waals surface area contributed by atoms with Gasteiger partial charge in [0.25, 0.3) is 11.8 Å². The Bertz CT molecular complexity index is 828. The average molecular weight is 366 g/mol. The number of anilines is 1. The van der Waals surface area contributed by atoms with Crippen molar-refractivity contribution in [2.24, 2.45) is 0 Å². The molecule has 2 aromatic rings. The summed E-state index contributed by atoms with van der Waals surface area (Å²) in [4.78, 5) is 30.0. The SMILES string of the molecule is CN(C)CCNC(=O)c1cc(C(=O)Nc2ccc(F)c(F)c2F)ccn1. The summed E-state index contributed by atoms with van der Waals surface area (Å²) in [6, 6.07) is 4.13. The summed E-state index contributed by atoms with van der Waals surface area (Å²) in [5.41, 5.74) is -0.494. The van der Waals surface area contributed by atoms with Crippen molar-refractivity contribution in [2.45, 2.75) is 0 Å². The van der Waals surface area contributed by atoms with Crippen molar-refractivity contribution in [1.29, 1.82) is 0 Å². The molecule has 1 aromatic heterocycles. The molecule has 0 radical (unpaired) electrons. The highest BCUT2D eigenvalue weighted by Crippen LogP contribution is 2.20. The molecule has 0 saturated heterocycles. The lowest BCUT2D eigenvalue weighted by Crippen LogP contribution is -2.32. The van der Waals surface area contributed by atoms with Crippen molar-refractivity contribution in [3.8, 4) is 0 Å². The smallest absolute Gasteiger partial charge is 0.269 e. The van der Waals surface area contributed by atoms with Gasteiger partial charge in [-0.3, -0.25) is 14.6 Å². The van der Waals surface area contributed by atoms with Crippen LogP contribution in [0.2, 0.25) is 0 Å². The van der Waals surface area contributed by atoms with Crippen LogP contribution in [0, 0.1) is 17.5 Å². The molecule has 0 spiro atoms. The van der Waals surface area contributed by atoms with Gasteiger partial charge in [-0.2, -0.15) is 0 Å². The van der Waals surface area contributed by atoms with Crippen LogP contribution >= 0.6 is 0 Å². The van der Waals surface area contributed by atoms with E-state index in [1.807, 2.05) is 19.0 Å². The first-order valence-corrected chi connectivity index (χ1v) is 7.63. The summed E-state index contributed by atoms with van der Waals surface area (Å²) in [5.74, 6) is -5.81. The Labute approximate surface area is 148 Å². The summed E-state index contributed by atoms with van der Waals surface area (Å²) in [6.45, 7) is 1.02. The van der Waals surface area contributed by atoms with Gasteiger partial charge in [0.05, 0.1) is 5.69 Å². The normalized spacial score (nSPS) is 10.7. The maximum Gasteiger partial charge on any atom is 0.269 e. The van der Waals surface area contributed by atoms with Gasteiger partial charge in [0.2, 0.25) is 0 Å². The second-order valence-electron chi connectivity index (χ2n) is 5.67. The number of hydrogen-bond acceptors (Lipinski definition) is 4.